The Bertz CT molecular complexity index is 1030. The van der Waals surface area contributed by atoms with Crippen LogP contribution in [0.1, 0.15) is 115 Å². The normalized spacial score (nSPS) is 15.9. The number of hydrogen-bond donors (Lipinski definition) is 0. The summed E-state index contributed by atoms with van der Waals surface area (Å²) in [5.74, 6) is -3.07. The molecule has 5 heteroatoms. The molecule has 0 saturated carbocycles. The van der Waals surface area contributed by atoms with Crippen LogP contribution in [0.2, 0.25) is 0 Å². The topological polar surface area (TPSA) is 9.23 Å². The van der Waals surface area contributed by atoms with E-state index < -0.39 is 23.3 Å². The van der Waals surface area contributed by atoms with Crippen molar-refractivity contribution >= 4 is 0 Å². The van der Waals surface area contributed by atoms with E-state index in [1.54, 1.807) is 6.07 Å². The van der Waals surface area contributed by atoms with Gasteiger partial charge in [0, 0.05) is 24.3 Å². The lowest BCUT2D eigenvalue weighted by Gasteiger charge is -2.26. The van der Waals surface area contributed by atoms with E-state index in [1.165, 1.54) is 25.0 Å². The summed E-state index contributed by atoms with van der Waals surface area (Å²) in [5, 5.41) is 0. The molecule has 39 heavy (non-hydrogen) atoms. The van der Waals surface area contributed by atoms with E-state index in [0.29, 0.717) is 42.2 Å². The molecular formula is C34H48F4O. The van der Waals surface area contributed by atoms with E-state index in [1.807, 2.05) is 0 Å². The molecule has 0 spiro atoms. The summed E-state index contributed by atoms with van der Waals surface area (Å²) in [5.41, 5.74) is 1.04. The molecule has 2 atom stereocenters. The fourth-order valence-corrected chi connectivity index (χ4v) is 5.73. The van der Waals surface area contributed by atoms with Gasteiger partial charge in [0.05, 0.1) is 0 Å². The SMILES string of the molecule is CCCCCOCCCCCC1CCc2cc(-c3ccc(CCCCC(C)CC)c(F)c3F)c(F)c(F)c2C1. The van der Waals surface area contributed by atoms with Gasteiger partial charge in [-0.1, -0.05) is 84.3 Å². The Balaban J connectivity index is 1.58. The number of hydrogen-bond acceptors (Lipinski definition) is 1. The predicted molar refractivity (Wildman–Crippen MR) is 153 cm³/mol. The molecule has 0 bridgehead atoms. The zero-order valence-corrected chi connectivity index (χ0v) is 24.3. The van der Waals surface area contributed by atoms with Crippen LogP contribution in [0.15, 0.2) is 18.2 Å². The van der Waals surface area contributed by atoms with Gasteiger partial charge in [0.1, 0.15) is 0 Å². The highest BCUT2D eigenvalue weighted by Crippen LogP contribution is 2.37. The first-order valence-electron chi connectivity index (χ1n) is 15.4. The van der Waals surface area contributed by atoms with Gasteiger partial charge in [-0.3, -0.25) is 0 Å². The largest absolute Gasteiger partial charge is 0.381 e. The second-order valence-electron chi connectivity index (χ2n) is 11.6. The maximum Gasteiger partial charge on any atom is 0.167 e. The number of aryl methyl sites for hydroxylation is 2. The van der Waals surface area contributed by atoms with Crippen molar-refractivity contribution < 1.29 is 22.3 Å². The summed E-state index contributed by atoms with van der Waals surface area (Å²) < 4.78 is 66.1. The van der Waals surface area contributed by atoms with Gasteiger partial charge in [0.25, 0.3) is 0 Å². The number of ether oxygens (including phenoxy) is 1. The second-order valence-corrected chi connectivity index (χ2v) is 11.6. The van der Waals surface area contributed by atoms with Gasteiger partial charge < -0.3 is 4.74 Å². The Labute approximate surface area is 233 Å². The average Bonchev–Trinajstić information content (AvgIpc) is 2.94. The molecule has 2 aromatic rings. The lowest BCUT2D eigenvalue weighted by Crippen LogP contribution is -2.17. The fraction of sp³-hybridized carbons (Fsp3) is 0.647. The van der Waals surface area contributed by atoms with Gasteiger partial charge in [-0.2, -0.15) is 0 Å². The van der Waals surface area contributed by atoms with Crippen molar-refractivity contribution in [3.63, 3.8) is 0 Å². The molecule has 3 rings (SSSR count). The maximum absolute atomic E-state index is 15.2. The van der Waals surface area contributed by atoms with Crippen LogP contribution in [0.25, 0.3) is 11.1 Å². The smallest absolute Gasteiger partial charge is 0.167 e. The molecule has 0 N–H and O–H groups in total. The monoisotopic (exact) mass is 548 g/mol. The highest BCUT2D eigenvalue weighted by molar-refractivity contribution is 5.67. The van der Waals surface area contributed by atoms with Crippen molar-refractivity contribution in [2.45, 2.75) is 117 Å². The molecule has 0 aliphatic heterocycles. The first-order valence-corrected chi connectivity index (χ1v) is 15.4. The van der Waals surface area contributed by atoms with Crippen molar-refractivity contribution in [1.29, 1.82) is 0 Å². The van der Waals surface area contributed by atoms with Gasteiger partial charge >= 0.3 is 0 Å². The van der Waals surface area contributed by atoms with Crippen molar-refractivity contribution in [2.75, 3.05) is 13.2 Å². The van der Waals surface area contributed by atoms with Gasteiger partial charge in [-0.05, 0) is 79.5 Å². The predicted octanol–water partition coefficient (Wildman–Crippen LogP) is 10.5. The van der Waals surface area contributed by atoms with E-state index in [9.17, 15) is 4.39 Å². The Morgan fingerprint density at radius 1 is 0.821 bits per heavy atom. The van der Waals surface area contributed by atoms with Crippen molar-refractivity contribution in [2.24, 2.45) is 11.8 Å². The number of halogens is 4. The summed E-state index contributed by atoms with van der Waals surface area (Å²) in [4.78, 5) is 0. The number of unbranched alkanes of at least 4 members (excludes halogenated alkanes) is 5. The summed E-state index contributed by atoms with van der Waals surface area (Å²) in [6.45, 7) is 8.14. The summed E-state index contributed by atoms with van der Waals surface area (Å²) in [6, 6.07) is 4.48. The first-order chi connectivity index (χ1) is 18.9. The third-order valence-electron chi connectivity index (χ3n) is 8.55. The molecule has 2 unspecified atom stereocenters. The van der Waals surface area contributed by atoms with Crippen LogP contribution in [0.3, 0.4) is 0 Å². The van der Waals surface area contributed by atoms with Gasteiger partial charge in [-0.15, -0.1) is 0 Å². The molecule has 218 valence electrons. The highest BCUT2D eigenvalue weighted by Gasteiger charge is 2.27. The van der Waals surface area contributed by atoms with Crippen LogP contribution in [0, 0.1) is 35.1 Å². The quantitative estimate of drug-likeness (QED) is 0.141. The Morgan fingerprint density at radius 3 is 2.31 bits per heavy atom. The van der Waals surface area contributed by atoms with E-state index in [2.05, 4.69) is 20.8 Å². The number of rotatable bonds is 17. The molecule has 0 amide bonds. The van der Waals surface area contributed by atoms with Gasteiger partial charge in [0.2, 0.25) is 0 Å². The molecule has 0 saturated heterocycles. The van der Waals surface area contributed by atoms with E-state index in [4.69, 9.17) is 4.74 Å². The Kier molecular flexibility index (Phi) is 13.3. The van der Waals surface area contributed by atoms with E-state index in [0.717, 1.165) is 83.0 Å². The minimum absolute atomic E-state index is 0.177. The first kappa shape index (κ1) is 31.6. The standard InChI is InChI=1S/C34H48F4O/c1-4-6-11-20-39-21-12-7-8-14-25-16-17-27-23-30(34(38)33(37)29(27)22-25)28-19-18-26(31(35)32(28)36)15-10-9-13-24(3)5-2/h18-19,23-25H,4-17,20-22H2,1-3H3. The Morgan fingerprint density at radius 2 is 1.56 bits per heavy atom. The van der Waals surface area contributed by atoms with Crippen LogP contribution in [-0.4, -0.2) is 13.2 Å². The van der Waals surface area contributed by atoms with Crippen LogP contribution in [0.5, 0.6) is 0 Å². The molecule has 0 radical (unpaired) electrons. The van der Waals surface area contributed by atoms with Gasteiger partial charge in [-0.25, -0.2) is 17.6 Å². The van der Waals surface area contributed by atoms with Crippen LogP contribution in [0.4, 0.5) is 17.6 Å². The molecule has 0 heterocycles. The number of fused-ring (bicyclic) bond motifs is 1. The highest BCUT2D eigenvalue weighted by atomic mass is 19.2. The van der Waals surface area contributed by atoms with Crippen LogP contribution < -0.4 is 0 Å². The molecular weight excluding hydrogens is 500 g/mol. The summed E-state index contributed by atoms with van der Waals surface area (Å²) in [6.07, 6.45) is 14.0. The molecule has 1 aliphatic rings. The maximum atomic E-state index is 15.2. The van der Waals surface area contributed by atoms with Crippen molar-refractivity contribution in [3.05, 3.63) is 58.2 Å². The van der Waals surface area contributed by atoms with E-state index in [-0.39, 0.29) is 11.1 Å². The Hall–Kier alpha value is -1.88. The average molecular weight is 549 g/mol. The van der Waals surface area contributed by atoms with Gasteiger partial charge in [0.15, 0.2) is 23.3 Å². The summed E-state index contributed by atoms with van der Waals surface area (Å²) in [7, 11) is 0. The minimum Gasteiger partial charge on any atom is -0.381 e. The van der Waals surface area contributed by atoms with Crippen LogP contribution in [-0.2, 0) is 24.0 Å². The van der Waals surface area contributed by atoms with Crippen molar-refractivity contribution in [1.82, 2.24) is 0 Å². The minimum atomic E-state index is -1.09. The molecule has 1 nitrogen and oxygen atoms in total. The summed E-state index contributed by atoms with van der Waals surface area (Å²) >= 11 is 0. The lowest BCUT2D eigenvalue weighted by molar-refractivity contribution is 0.125. The molecule has 0 fully saturated rings. The van der Waals surface area contributed by atoms with Crippen LogP contribution >= 0.6 is 0 Å². The van der Waals surface area contributed by atoms with E-state index >= 15 is 13.2 Å². The third-order valence-corrected chi connectivity index (χ3v) is 8.55. The molecule has 2 aromatic carbocycles. The zero-order valence-electron chi connectivity index (χ0n) is 24.3. The fourth-order valence-electron chi connectivity index (χ4n) is 5.73. The third kappa shape index (κ3) is 9.06. The van der Waals surface area contributed by atoms with Crippen molar-refractivity contribution in [3.8, 4) is 11.1 Å². The zero-order chi connectivity index (χ0) is 28.2. The second kappa shape index (κ2) is 16.4. The lowest BCUT2D eigenvalue weighted by atomic mass is 9.80. The molecule has 0 aromatic heterocycles. The molecule has 1 aliphatic carbocycles. The number of benzene rings is 2.